The number of benzene rings is 1. The van der Waals surface area contributed by atoms with E-state index in [4.69, 9.17) is 0 Å². The van der Waals surface area contributed by atoms with Crippen molar-refractivity contribution < 1.29 is 9.59 Å². The van der Waals surface area contributed by atoms with Gasteiger partial charge in [-0.3, -0.25) is 9.59 Å². The van der Waals surface area contributed by atoms with Crippen LogP contribution in [0.25, 0.3) is 0 Å². The third-order valence-corrected chi connectivity index (χ3v) is 3.14. The van der Waals surface area contributed by atoms with E-state index in [9.17, 15) is 9.59 Å². The summed E-state index contributed by atoms with van der Waals surface area (Å²) in [5.74, 6) is 0.256. The molecule has 0 saturated heterocycles. The molecule has 0 spiro atoms. The van der Waals surface area contributed by atoms with E-state index in [0.29, 0.717) is 32.5 Å². The highest BCUT2D eigenvalue weighted by molar-refractivity contribution is 6.03. The van der Waals surface area contributed by atoms with Crippen molar-refractivity contribution in [2.75, 3.05) is 24.5 Å². The van der Waals surface area contributed by atoms with E-state index in [1.807, 2.05) is 31.2 Å². The first-order valence-electron chi connectivity index (χ1n) is 6.36. The molecule has 0 bridgehead atoms. The van der Waals surface area contributed by atoms with Crippen LogP contribution in [-0.2, 0) is 4.79 Å². The lowest BCUT2D eigenvalue weighted by Gasteiger charge is -2.30. The van der Waals surface area contributed by atoms with E-state index < -0.39 is 0 Å². The number of Topliss-reactive ketones (excluding diaryl/α,β-unsaturated/α-hetero) is 1. The molecule has 2 rings (SSSR count). The van der Waals surface area contributed by atoms with Crippen molar-refractivity contribution in [1.82, 2.24) is 5.32 Å². The number of ketones is 1. The molecule has 4 heteroatoms. The molecule has 0 unspecified atom stereocenters. The fraction of sp³-hybridized carbons (Fsp3) is 0.429. The molecule has 0 radical (unpaired) electrons. The third kappa shape index (κ3) is 2.70. The van der Waals surface area contributed by atoms with E-state index in [0.717, 1.165) is 11.3 Å². The SMILES string of the molecule is CCNC(=O)CCN1CCC(=O)c2ccccc21. The van der Waals surface area contributed by atoms with Gasteiger partial charge in [-0.15, -0.1) is 0 Å². The summed E-state index contributed by atoms with van der Waals surface area (Å²) < 4.78 is 0. The number of fused-ring (bicyclic) bond motifs is 1. The van der Waals surface area contributed by atoms with Crippen molar-refractivity contribution >= 4 is 17.4 Å². The highest BCUT2D eigenvalue weighted by Gasteiger charge is 2.22. The van der Waals surface area contributed by atoms with Crippen molar-refractivity contribution in [3.63, 3.8) is 0 Å². The Hall–Kier alpha value is -1.84. The van der Waals surface area contributed by atoms with E-state index in [1.54, 1.807) is 0 Å². The van der Waals surface area contributed by atoms with Crippen LogP contribution < -0.4 is 10.2 Å². The van der Waals surface area contributed by atoms with Gasteiger partial charge in [0.15, 0.2) is 5.78 Å². The molecule has 0 aromatic heterocycles. The Morgan fingerprint density at radius 3 is 2.94 bits per heavy atom. The van der Waals surface area contributed by atoms with Crippen LogP contribution in [-0.4, -0.2) is 31.3 Å². The molecule has 1 aromatic rings. The van der Waals surface area contributed by atoms with Crippen molar-refractivity contribution in [3.8, 4) is 0 Å². The number of para-hydroxylation sites is 1. The Morgan fingerprint density at radius 1 is 1.39 bits per heavy atom. The number of rotatable bonds is 4. The maximum Gasteiger partial charge on any atom is 0.221 e. The molecular formula is C14H18N2O2. The lowest BCUT2D eigenvalue weighted by Crippen LogP contribution is -2.35. The highest BCUT2D eigenvalue weighted by Crippen LogP contribution is 2.26. The molecule has 1 aliphatic rings. The number of hydrogen-bond donors (Lipinski definition) is 1. The largest absolute Gasteiger partial charge is 0.370 e. The summed E-state index contributed by atoms with van der Waals surface area (Å²) in [4.78, 5) is 25.3. The summed E-state index contributed by atoms with van der Waals surface area (Å²) in [6, 6.07) is 7.61. The highest BCUT2D eigenvalue weighted by atomic mass is 16.1. The van der Waals surface area contributed by atoms with Gasteiger partial charge >= 0.3 is 0 Å². The normalized spacial score (nSPS) is 14.3. The van der Waals surface area contributed by atoms with Crippen LogP contribution in [0.5, 0.6) is 0 Å². The topological polar surface area (TPSA) is 49.4 Å². The van der Waals surface area contributed by atoms with Gasteiger partial charge < -0.3 is 10.2 Å². The van der Waals surface area contributed by atoms with Gasteiger partial charge in [-0.2, -0.15) is 0 Å². The molecule has 1 aromatic carbocycles. The number of nitrogens with zero attached hydrogens (tertiary/aromatic N) is 1. The molecule has 18 heavy (non-hydrogen) atoms. The fourth-order valence-electron chi connectivity index (χ4n) is 2.23. The van der Waals surface area contributed by atoms with Crippen LogP contribution in [0.3, 0.4) is 0 Å². The summed E-state index contributed by atoms with van der Waals surface area (Å²) in [5.41, 5.74) is 1.73. The van der Waals surface area contributed by atoms with E-state index in [2.05, 4.69) is 10.2 Å². The van der Waals surface area contributed by atoms with Crippen molar-refractivity contribution in [1.29, 1.82) is 0 Å². The zero-order valence-corrected chi connectivity index (χ0v) is 10.6. The Balaban J connectivity index is 2.05. The summed E-state index contributed by atoms with van der Waals surface area (Å²) >= 11 is 0. The van der Waals surface area contributed by atoms with Crippen LogP contribution in [0, 0.1) is 0 Å². The molecule has 4 nitrogen and oxygen atoms in total. The molecule has 1 amide bonds. The lowest BCUT2D eigenvalue weighted by atomic mass is 10.0. The van der Waals surface area contributed by atoms with E-state index >= 15 is 0 Å². The van der Waals surface area contributed by atoms with Crippen molar-refractivity contribution in [3.05, 3.63) is 29.8 Å². The Labute approximate surface area is 107 Å². The average Bonchev–Trinajstić information content (AvgIpc) is 2.39. The number of amides is 1. The van der Waals surface area contributed by atoms with Crippen LogP contribution in [0.15, 0.2) is 24.3 Å². The third-order valence-electron chi connectivity index (χ3n) is 3.14. The Bertz CT molecular complexity index is 457. The quantitative estimate of drug-likeness (QED) is 0.878. The second-order valence-corrected chi connectivity index (χ2v) is 4.38. The van der Waals surface area contributed by atoms with Gasteiger partial charge in [0.2, 0.25) is 5.91 Å². The summed E-state index contributed by atoms with van der Waals surface area (Å²) in [6.45, 7) is 3.94. The van der Waals surface area contributed by atoms with Gasteiger partial charge in [-0.25, -0.2) is 0 Å². The number of carbonyl (C=O) groups excluding carboxylic acids is 2. The number of hydrogen-bond acceptors (Lipinski definition) is 3. The maximum absolute atomic E-state index is 11.8. The van der Waals surface area contributed by atoms with Gasteiger partial charge in [-0.05, 0) is 19.1 Å². The van der Waals surface area contributed by atoms with Crippen molar-refractivity contribution in [2.24, 2.45) is 0 Å². The molecule has 0 atom stereocenters. The number of anilines is 1. The average molecular weight is 246 g/mol. The van der Waals surface area contributed by atoms with Gasteiger partial charge in [0.25, 0.3) is 0 Å². The number of carbonyl (C=O) groups is 2. The van der Waals surface area contributed by atoms with Gasteiger partial charge in [-0.1, -0.05) is 12.1 Å². The van der Waals surface area contributed by atoms with E-state index in [-0.39, 0.29) is 11.7 Å². The summed E-state index contributed by atoms with van der Waals surface area (Å²) in [7, 11) is 0. The minimum Gasteiger partial charge on any atom is -0.370 e. The summed E-state index contributed by atoms with van der Waals surface area (Å²) in [6.07, 6.45) is 1.00. The second-order valence-electron chi connectivity index (χ2n) is 4.38. The van der Waals surface area contributed by atoms with Crippen LogP contribution >= 0.6 is 0 Å². The maximum atomic E-state index is 11.8. The van der Waals surface area contributed by atoms with Gasteiger partial charge in [0.1, 0.15) is 0 Å². The first-order chi connectivity index (χ1) is 8.72. The molecular weight excluding hydrogens is 228 g/mol. The van der Waals surface area contributed by atoms with Crippen LogP contribution in [0.4, 0.5) is 5.69 Å². The minimum absolute atomic E-state index is 0.0619. The first kappa shape index (κ1) is 12.6. The molecule has 0 saturated carbocycles. The molecule has 1 aliphatic heterocycles. The molecule has 0 aliphatic carbocycles. The molecule has 1 N–H and O–H groups in total. The second kappa shape index (κ2) is 5.67. The fourth-order valence-corrected chi connectivity index (χ4v) is 2.23. The zero-order chi connectivity index (χ0) is 13.0. The van der Waals surface area contributed by atoms with Gasteiger partial charge in [0.05, 0.1) is 0 Å². The predicted octanol–water partition coefficient (Wildman–Crippen LogP) is 1.61. The van der Waals surface area contributed by atoms with Crippen LogP contribution in [0.2, 0.25) is 0 Å². The molecule has 96 valence electrons. The molecule has 0 fully saturated rings. The van der Waals surface area contributed by atoms with Crippen molar-refractivity contribution in [2.45, 2.75) is 19.8 Å². The predicted molar refractivity (Wildman–Crippen MR) is 70.9 cm³/mol. The van der Waals surface area contributed by atoms with Gasteiger partial charge in [0, 0.05) is 43.7 Å². The Kier molecular flexibility index (Phi) is 3.97. The lowest BCUT2D eigenvalue weighted by molar-refractivity contribution is -0.120. The first-order valence-corrected chi connectivity index (χ1v) is 6.36. The standard InChI is InChI=1S/C14H18N2O2/c1-2-15-14(18)8-10-16-9-7-13(17)11-5-3-4-6-12(11)16/h3-6H,2,7-10H2,1H3,(H,15,18). The monoisotopic (exact) mass is 246 g/mol. The molecule has 1 heterocycles. The summed E-state index contributed by atoms with van der Waals surface area (Å²) in [5, 5.41) is 2.79. The van der Waals surface area contributed by atoms with E-state index in [1.165, 1.54) is 0 Å². The number of nitrogens with one attached hydrogen (secondary N) is 1. The minimum atomic E-state index is 0.0619. The van der Waals surface area contributed by atoms with Crippen LogP contribution in [0.1, 0.15) is 30.1 Å². The smallest absolute Gasteiger partial charge is 0.221 e. The Morgan fingerprint density at radius 2 is 2.17 bits per heavy atom. The zero-order valence-electron chi connectivity index (χ0n) is 10.6.